The molecule has 0 bridgehead atoms. The SMILES string of the molecule is CCOc1ccc(/C=C2\CNCC3=C2OC(N)=C(C#N)C3c2ccc(OCC)cc2)cc1. The lowest BCUT2D eigenvalue weighted by molar-refractivity contribution is 0.279. The Morgan fingerprint density at radius 3 is 2.25 bits per heavy atom. The maximum absolute atomic E-state index is 9.83. The van der Waals surface area contributed by atoms with Gasteiger partial charge in [0.1, 0.15) is 28.9 Å². The zero-order chi connectivity index (χ0) is 22.5. The fourth-order valence-electron chi connectivity index (χ4n) is 4.10. The van der Waals surface area contributed by atoms with Crippen molar-refractivity contribution in [1.29, 1.82) is 5.26 Å². The van der Waals surface area contributed by atoms with Crippen molar-refractivity contribution < 1.29 is 14.2 Å². The van der Waals surface area contributed by atoms with Gasteiger partial charge in [-0.15, -0.1) is 0 Å². The summed E-state index contributed by atoms with van der Waals surface area (Å²) < 4.78 is 17.1. The highest BCUT2D eigenvalue weighted by molar-refractivity contribution is 5.63. The van der Waals surface area contributed by atoms with Gasteiger partial charge < -0.3 is 25.3 Å². The molecule has 4 rings (SSSR count). The number of rotatable bonds is 6. The van der Waals surface area contributed by atoms with E-state index in [-0.39, 0.29) is 11.8 Å². The molecule has 6 heteroatoms. The van der Waals surface area contributed by atoms with E-state index in [1.54, 1.807) is 0 Å². The second-order valence-electron chi connectivity index (χ2n) is 7.56. The summed E-state index contributed by atoms with van der Waals surface area (Å²) in [5.74, 6) is 2.27. The topological polar surface area (TPSA) is 89.5 Å². The van der Waals surface area contributed by atoms with Gasteiger partial charge in [0.25, 0.3) is 0 Å². The van der Waals surface area contributed by atoms with Crippen molar-refractivity contribution in [2.75, 3.05) is 26.3 Å². The third kappa shape index (κ3) is 4.34. The van der Waals surface area contributed by atoms with Gasteiger partial charge in [-0.3, -0.25) is 0 Å². The van der Waals surface area contributed by atoms with E-state index in [0.717, 1.165) is 39.5 Å². The molecule has 32 heavy (non-hydrogen) atoms. The van der Waals surface area contributed by atoms with Gasteiger partial charge >= 0.3 is 0 Å². The average Bonchev–Trinajstić information content (AvgIpc) is 2.81. The molecule has 2 aromatic carbocycles. The van der Waals surface area contributed by atoms with Crippen LogP contribution >= 0.6 is 0 Å². The van der Waals surface area contributed by atoms with Crippen LogP contribution in [0.4, 0.5) is 0 Å². The fraction of sp³-hybridized carbons (Fsp3) is 0.269. The fourth-order valence-corrected chi connectivity index (χ4v) is 4.10. The van der Waals surface area contributed by atoms with Crippen LogP contribution in [0.15, 0.2) is 76.9 Å². The van der Waals surface area contributed by atoms with Crippen LogP contribution in [-0.4, -0.2) is 26.3 Å². The van der Waals surface area contributed by atoms with Crippen molar-refractivity contribution in [3.8, 4) is 17.6 Å². The van der Waals surface area contributed by atoms with Crippen molar-refractivity contribution in [2.45, 2.75) is 19.8 Å². The van der Waals surface area contributed by atoms with Crippen LogP contribution in [0.2, 0.25) is 0 Å². The highest BCUT2D eigenvalue weighted by Gasteiger charge is 2.35. The second-order valence-corrected chi connectivity index (χ2v) is 7.56. The van der Waals surface area contributed by atoms with Crippen LogP contribution in [0, 0.1) is 11.3 Å². The van der Waals surface area contributed by atoms with E-state index in [1.807, 2.05) is 62.4 Å². The molecule has 0 spiro atoms. The first kappa shape index (κ1) is 21.5. The molecular weight excluding hydrogens is 402 g/mol. The number of ether oxygens (including phenoxy) is 3. The van der Waals surface area contributed by atoms with Gasteiger partial charge in [-0.05, 0) is 60.9 Å². The lowest BCUT2D eigenvalue weighted by Gasteiger charge is -2.33. The number of hydrogen-bond acceptors (Lipinski definition) is 6. The molecule has 0 saturated carbocycles. The molecule has 0 radical (unpaired) electrons. The summed E-state index contributed by atoms with van der Waals surface area (Å²) in [7, 11) is 0. The number of allylic oxidation sites excluding steroid dienone is 1. The summed E-state index contributed by atoms with van der Waals surface area (Å²) in [4.78, 5) is 0. The summed E-state index contributed by atoms with van der Waals surface area (Å²) in [6.45, 7) is 6.42. The third-order valence-corrected chi connectivity index (χ3v) is 5.51. The standard InChI is InChI=1S/C26H27N3O3/c1-3-30-20-9-5-17(6-10-20)13-19-15-29-16-23-24(22(14-27)26(28)32-25(19)23)18-7-11-21(12-8-18)31-4-2/h5-13,24,29H,3-4,15-16,28H2,1-2H3/b19-13+. The molecular formula is C26H27N3O3. The number of hydrogen-bond donors (Lipinski definition) is 2. The molecule has 2 aliphatic rings. The Morgan fingerprint density at radius 1 is 1.03 bits per heavy atom. The van der Waals surface area contributed by atoms with Gasteiger partial charge in [-0.1, -0.05) is 24.3 Å². The Bertz CT molecular complexity index is 1110. The maximum atomic E-state index is 9.83. The van der Waals surface area contributed by atoms with E-state index in [4.69, 9.17) is 19.9 Å². The zero-order valence-corrected chi connectivity index (χ0v) is 18.4. The van der Waals surface area contributed by atoms with Crippen LogP contribution in [0.3, 0.4) is 0 Å². The monoisotopic (exact) mass is 429 g/mol. The number of nitriles is 1. The van der Waals surface area contributed by atoms with Gasteiger partial charge in [-0.2, -0.15) is 5.26 Å². The molecule has 0 fully saturated rings. The van der Waals surface area contributed by atoms with E-state index in [1.165, 1.54) is 0 Å². The molecule has 0 amide bonds. The molecule has 2 aliphatic heterocycles. The molecule has 3 N–H and O–H groups in total. The number of benzene rings is 2. The van der Waals surface area contributed by atoms with Crippen molar-refractivity contribution in [3.63, 3.8) is 0 Å². The Labute approximate surface area is 188 Å². The molecule has 1 atom stereocenters. The summed E-state index contributed by atoms with van der Waals surface area (Å²) in [6.07, 6.45) is 2.08. The Kier molecular flexibility index (Phi) is 6.48. The quantitative estimate of drug-likeness (QED) is 0.714. The minimum Gasteiger partial charge on any atom is -0.494 e. The third-order valence-electron chi connectivity index (χ3n) is 5.51. The van der Waals surface area contributed by atoms with Crippen LogP contribution in [-0.2, 0) is 4.74 Å². The Hall–Kier alpha value is -3.69. The maximum Gasteiger partial charge on any atom is 0.205 e. The molecule has 0 aromatic heterocycles. The van der Waals surface area contributed by atoms with Crippen LogP contribution in [0.1, 0.15) is 30.9 Å². The Balaban J connectivity index is 1.72. The normalized spacial score (nSPS) is 19.3. The highest BCUT2D eigenvalue weighted by Crippen LogP contribution is 2.42. The van der Waals surface area contributed by atoms with Gasteiger partial charge in [0.15, 0.2) is 0 Å². The first-order chi connectivity index (χ1) is 15.6. The predicted molar refractivity (Wildman–Crippen MR) is 124 cm³/mol. The molecule has 0 saturated heterocycles. The smallest absolute Gasteiger partial charge is 0.205 e. The van der Waals surface area contributed by atoms with E-state index < -0.39 is 0 Å². The molecule has 2 heterocycles. The highest BCUT2D eigenvalue weighted by atomic mass is 16.5. The number of nitrogens with one attached hydrogen (secondary N) is 1. The summed E-state index contributed by atoms with van der Waals surface area (Å²) in [5.41, 5.74) is 10.7. The summed E-state index contributed by atoms with van der Waals surface area (Å²) >= 11 is 0. The summed E-state index contributed by atoms with van der Waals surface area (Å²) in [5, 5.41) is 13.3. The minimum atomic E-state index is -0.268. The molecule has 0 aliphatic carbocycles. The van der Waals surface area contributed by atoms with E-state index in [0.29, 0.717) is 31.9 Å². The van der Waals surface area contributed by atoms with Crippen molar-refractivity contribution in [2.24, 2.45) is 5.73 Å². The first-order valence-corrected chi connectivity index (χ1v) is 10.8. The van der Waals surface area contributed by atoms with E-state index in [9.17, 15) is 5.26 Å². The molecule has 164 valence electrons. The lowest BCUT2D eigenvalue weighted by Crippen LogP contribution is -2.34. The van der Waals surface area contributed by atoms with Gasteiger partial charge in [-0.25, -0.2) is 0 Å². The first-order valence-electron chi connectivity index (χ1n) is 10.8. The van der Waals surface area contributed by atoms with E-state index in [2.05, 4.69) is 17.5 Å². The van der Waals surface area contributed by atoms with Crippen LogP contribution in [0.25, 0.3) is 6.08 Å². The molecule has 6 nitrogen and oxygen atoms in total. The van der Waals surface area contributed by atoms with Gasteiger partial charge in [0, 0.05) is 18.7 Å². The Morgan fingerprint density at radius 2 is 1.66 bits per heavy atom. The van der Waals surface area contributed by atoms with E-state index >= 15 is 0 Å². The van der Waals surface area contributed by atoms with Crippen LogP contribution in [0.5, 0.6) is 11.5 Å². The van der Waals surface area contributed by atoms with Gasteiger partial charge in [0.05, 0.1) is 19.1 Å². The zero-order valence-electron chi connectivity index (χ0n) is 18.4. The van der Waals surface area contributed by atoms with Crippen molar-refractivity contribution >= 4 is 6.08 Å². The average molecular weight is 430 g/mol. The second kappa shape index (κ2) is 9.63. The largest absolute Gasteiger partial charge is 0.494 e. The van der Waals surface area contributed by atoms with Crippen molar-refractivity contribution in [3.05, 3.63) is 88.0 Å². The van der Waals surface area contributed by atoms with Crippen molar-refractivity contribution in [1.82, 2.24) is 5.32 Å². The number of nitrogens with two attached hydrogens (primary N) is 1. The van der Waals surface area contributed by atoms with Gasteiger partial charge in [0.2, 0.25) is 5.88 Å². The minimum absolute atomic E-state index is 0.157. The van der Waals surface area contributed by atoms with Crippen LogP contribution < -0.4 is 20.5 Å². The molecule has 1 unspecified atom stereocenters. The summed E-state index contributed by atoms with van der Waals surface area (Å²) in [6, 6.07) is 18.0. The predicted octanol–water partition coefficient (Wildman–Crippen LogP) is 4.23. The number of nitrogens with zero attached hydrogens (tertiary/aromatic N) is 1. The molecule has 2 aromatic rings. The lowest BCUT2D eigenvalue weighted by atomic mass is 9.80.